The van der Waals surface area contributed by atoms with Crippen LogP contribution in [0.3, 0.4) is 0 Å². The molecule has 2 aromatic rings. The molecule has 1 aliphatic carbocycles. The highest BCUT2D eigenvalue weighted by molar-refractivity contribution is 9.10. The van der Waals surface area contributed by atoms with Crippen LogP contribution in [0.25, 0.3) is 0 Å². The predicted molar refractivity (Wildman–Crippen MR) is 91.1 cm³/mol. The number of rotatable bonds is 2. The molecule has 1 amide bonds. The number of thiol groups is 1. The first-order valence-electron chi connectivity index (χ1n) is 6.99. The van der Waals surface area contributed by atoms with Crippen molar-refractivity contribution >= 4 is 34.5 Å². The predicted octanol–water partition coefficient (Wildman–Crippen LogP) is 4.03. The quantitative estimate of drug-likeness (QED) is 0.777. The van der Waals surface area contributed by atoms with Gasteiger partial charge >= 0.3 is 0 Å². The first kappa shape index (κ1) is 14.7. The van der Waals surface area contributed by atoms with E-state index in [4.69, 9.17) is 0 Å². The molecule has 0 aromatic heterocycles. The smallest absolute Gasteiger partial charge is 0.252 e. The maximum absolute atomic E-state index is 12.4. The fourth-order valence-electron chi connectivity index (χ4n) is 2.77. The molecule has 0 heterocycles. The van der Waals surface area contributed by atoms with E-state index in [2.05, 4.69) is 58.1 Å². The molecule has 1 unspecified atom stereocenters. The molecule has 2 aromatic carbocycles. The Bertz CT molecular complexity index is 686. The van der Waals surface area contributed by atoms with Crippen LogP contribution in [0.4, 0.5) is 0 Å². The van der Waals surface area contributed by atoms with Crippen LogP contribution in [0, 0.1) is 0 Å². The maximum atomic E-state index is 12.4. The lowest BCUT2D eigenvalue weighted by molar-refractivity contribution is 0.0932. The number of nitrogens with one attached hydrogen (secondary N) is 1. The third-order valence-corrected chi connectivity index (χ3v) is 4.85. The second-order valence-corrected chi connectivity index (χ2v) is 6.72. The summed E-state index contributed by atoms with van der Waals surface area (Å²) in [4.78, 5) is 13.2. The Balaban J connectivity index is 1.73. The van der Waals surface area contributed by atoms with Crippen molar-refractivity contribution in [3.63, 3.8) is 0 Å². The van der Waals surface area contributed by atoms with Gasteiger partial charge in [-0.2, -0.15) is 0 Å². The summed E-state index contributed by atoms with van der Waals surface area (Å²) in [6.45, 7) is 0. The molecule has 0 spiro atoms. The topological polar surface area (TPSA) is 29.1 Å². The number of fused-ring (bicyclic) bond motifs is 1. The summed E-state index contributed by atoms with van der Waals surface area (Å²) < 4.78 is 0.800. The lowest BCUT2D eigenvalue weighted by atomic mass is 9.88. The van der Waals surface area contributed by atoms with Crippen LogP contribution in [-0.4, -0.2) is 11.9 Å². The Morgan fingerprint density at radius 3 is 2.76 bits per heavy atom. The molecule has 0 aliphatic heterocycles. The number of aryl methyl sites for hydroxylation is 1. The van der Waals surface area contributed by atoms with Gasteiger partial charge in [0.15, 0.2) is 0 Å². The third-order valence-electron chi connectivity index (χ3n) is 3.88. The van der Waals surface area contributed by atoms with Crippen molar-refractivity contribution in [1.82, 2.24) is 5.32 Å². The Labute approximate surface area is 138 Å². The van der Waals surface area contributed by atoms with Crippen LogP contribution < -0.4 is 5.32 Å². The van der Waals surface area contributed by atoms with Gasteiger partial charge in [-0.05, 0) is 64.5 Å². The molecule has 1 atom stereocenters. The average Bonchev–Trinajstić information content (AvgIpc) is 2.49. The van der Waals surface area contributed by atoms with Gasteiger partial charge in [-0.25, -0.2) is 0 Å². The second kappa shape index (κ2) is 6.24. The van der Waals surface area contributed by atoms with E-state index < -0.39 is 0 Å². The van der Waals surface area contributed by atoms with E-state index in [0.717, 1.165) is 28.6 Å². The lowest BCUT2D eigenvalue weighted by Crippen LogP contribution is -2.39. The van der Waals surface area contributed by atoms with Crippen molar-refractivity contribution in [3.8, 4) is 0 Å². The molecule has 0 fully saturated rings. The molecule has 1 aliphatic rings. The molecule has 4 heteroatoms. The highest BCUT2D eigenvalue weighted by Gasteiger charge is 2.21. The summed E-state index contributed by atoms with van der Waals surface area (Å²) >= 11 is 7.73. The number of hydrogen-bond acceptors (Lipinski definition) is 2. The van der Waals surface area contributed by atoms with E-state index in [0.29, 0.717) is 5.56 Å². The number of benzene rings is 2. The van der Waals surface area contributed by atoms with Crippen LogP contribution in [0.15, 0.2) is 51.8 Å². The number of halogens is 1. The van der Waals surface area contributed by atoms with Gasteiger partial charge in [0.25, 0.3) is 5.91 Å². The summed E-state index contributed by atoms with van der Waals surface area (Å²) in [6.07, 6.45) is 2.91. The summed E-state index contributed by atoms with van der Waals surface area (Å²) in [6, 6.07) is 14.2. The zero-order chi connectivity index (χ0) is 14.8. The van der Waals surface area contributed by atoms with Crippen LogP contribution >= 0.6 is 28.6 Å². The molecule has 108 valence electrons. The van der Waals surface area contributed by atoms with Gasteiger partial charge in [0.2, 0.25) is 0 Å². The molecule has 0 saturated carbocycles. The molecule has 1 N–H and O–H groups in total. The van der Waals surface area contributed by atoms with Gasteiger partial charge in [-0.15, -0.1) is 12.6 Å². The summed E-state index contributed by atoms with van der Waals surface area (Å²) in [5.41, 5.74) is 3.39. The minimum atomic E-state index is -0.0397. The third kappa shape index (κ3) is 3.33. The molecule has 0 radical (unpaired) electrons. The molecular weight excluding hydrogens is 346 g/mol. The van der Waals surface area contributed by atoms with E-state index >= 15 is 0 Å². The summed E-state index contributed by atoms with van der Waals surface area (Å²) in [5, 5.41) is 3.14. The minimum Gasteiger partial charge on any atom is -0.349 e. The normalized spacial score (nSPS) is 17.1. The van der Waals surface area contributed by atoms with E-state index in [1.807, 2.05) is 12.1 Å². The van der Waals surface area contributed by atoms with Gasteiger partial charge in [0.05, 0.1) is 5.56 Å². The zero-order valence-corrected chi connectivity index (χ0v) is 14.0. The van der Waals surface area contributed by atoms with E-state index in [1.54, 1.807) is 6.07 Å². The van der Waals surface area contributed by atoms with Crippen LogP contribution in [0.5, 0.6) is 0 Å². The van der Waals surface area contributed by atoms with Gasteiger partial charge < -0.3 is 5.32 Å². The Hall–Kier alpha value is -1.26. The monoisotopic (exact) mass is 361 g/mol. The van der Waals surface area contributed by atoms with E-state index in [9.17, 15) is 4.79 Å². The molecular formula is C17H16BrNOS. The van der Waals surface area contributed by atoms with Crippen molar-refractivity contribution in [1.29, 1.82) is 0 Å². The minimum absolute atomic E-state index is 0.0397. The summed E-state index contributed by atoms with van der Waals surface area (Å²) in [5.74, 6) is -0.0397. The standard InChI is InChI=1S/C17H16BrNOS/c18-16-8-7-14(21)10-15(16)17(20)19-13-6-5-11-3-1-2-4-12(11)9-13/h1-4,7-8,10,13,21H,5-6,9H2,(H,19,20). The molecule has 2 nitrogen and oxygen atoms in total. The lowest BCUT2D eigenvalue weighted by Gasteiger charge is -2.25. The average molecular weight is 362 g/mol. The molecule has 3 rings (SSSR count). The van der Waals surface area contributed by atoms with E-state index in [1.165, 1.54) is 11.1 Å². The highest BCUT2D eigenvalue weighted by Crippen LogP contribution is 2.23. The first-order valence-corrected chi connectivity index (χ1v) is 8.23. The van der Waals surface area contributed by atoms with Crippen molar-refractivity contribution in [2.24, 2.45) is 0 Å². The first-order chi connectivity index (χ1) is 10.1. The zero-order valence-electron chi connectivity index (χ0n) is 11.5. The van der Waals surface area contributed by atoms with Gasteiger partial charge in [0, 0.05) is 15.4 Å². The Kier molecular flexibility index (Phi) is 4.36. The Morgan fingerprint density at radius 2 is 1.95 bits per heavy atom. The SMILES string of the molecule is O=C(NC1CCc2ccccc2C1)c1cc(S)ccc1Br. The van der Waals surface area contributed by atoms with Crippen LogP contribution in [0.1, 0.15) is 27.9 Å². The van der Waals surface area contributed by atoms with Crippen LogP contribution in [-0.2, 0) is 12.8 Å². The van der Waals surface area contributed by atoms with Gasteiger partial charge in [0.1, 0.15) is 0 Å². The van der Waals surface area contributed by atoms with Crippen molar-refractivity contribution in [3.05, 3.63) is 63.6 Å². The van der Waals surface area contributed by atoms with Crippen molar-refractivity contribution < 1.29 is 4.79 Å². The molecule has 0 saturated heterocycles. The number of carbonyl (C=O) groups is 1. The maximum Gasteiger partial charge on any atom is 0.252 e. The van der Waals surface area contributed by atoms with Crippen LogP contribution in [0.2, 0.25) is 0 Å². The van der Waals surface area contributed by atoms with Gasteiger partial charge in [-0.3, -0.25) is 4.79 Å². The van der Waals surface area contributed by atoms with E-state index in [-0.39, 0.29) is 11.9 Å². The van der Waals surface area contributed by atoms with Crippen molar-refractivity contribution in [2.45, 2.75) is 30.2 Å². The molecule has 21 heavy (non-hydrogen) atoms. The second-order valence-electron chi connectivity index (χ2n) is 5.35. The summed E-state index contributed by atoms with van der Waals surface area (Å²) in [7, 11) is 0. The fourth-order valence-corrected chi connectivity index (χ4v) is 3.40. The Morgan fingerprint density at radius 1 is 1.19 bits per heavy atom. The number of carbonyl (C=O) groups excluding carboxylic acids is 1. The largest absolute Gasteiger partial charge is 0.349 e. The number of amides is 1. The highest BCUT2D eigenvalue weighted by atomic mass is 79.9. The van der Waals surface area contributed by atoms with Gasteiger partial charge in [-0.1, -0.05) is 24.3 Å². The number of hydrogen-bond donors (Lipinski definition) is 2. The van der Waals surface area contributed by atoms with Crippen molar-refractivity contribution in [2.75, 3.05) is 0 Å². The molecule has 0 bridgehead atoms. The fraction of sp³-hybridized carbons (Fsp3) is 0.235.